The summed E-state index contributed by atoms with van der Waals surface area (Å²) >= 11 is 0. The van der Waals surface area contributed by atoms with Gasteiger partial charge >= 0.3 is 29.6 Å². The molecule has 0 spiro atoms. The summed E-state index contributed by atoms with van der Waals surface area (Å²) in [7, 11) is 0. The van der Waals surface area contributed by atoms with E-state index in [2.05, 4.69) is 9.97 Å². The van der Waals surface area contributed by atoms with Crippen LogP contribution in [0.5, 0.6) is 6.01 Å². The molecule has 52 valence electrons. The first-order chi connectivity index (χ1) is 4.86. The third kappa shape index (κ3) is 1.56. The van der Waals surface area contributed by atoms with E-state index in [1.54, 1.807) is 0 Å². The summed E-state index contributed by atoms with van der Waals surface area (Å²) < 4.78 is 0. The van der Waals surface area contributed by atoms with Gasteiger partial charge < -0.3 is 10.1 Å². The predicted octanol–water partition coefficient (Wildman–Crippen LogP) is 0.620. The molecule has 0 aliphatic rings. The first-order valence-electron chi connectivity index (χ1n) is 3.00. The Bertz CT molecular complexity index is 325. The van der Waals surface area contributed by atoms with Crippen LogP contribution in [0.25, 0.3) is 11.0 Å². The quantitative estimate of drug-likeness (QED) is 0.552. The van der Waals surface area contributed by atoms with Crippen LogP contribution in [-0.4, -0.2) is 44.6 Å². The van der Waals surface area contributed by atoms with Crippen LogP contribution in [0, 0.1) is 0 Å². The average molecular weight is 158 g/mol. The zero-order chi connectivity index (χ0) is 6.97. The van der Waals surface area contributed by atoms with Crippen molar-refractivity contribution in [2.75, 3.05) is 0 Å². The fourth-order valence-corrected chi connectivity index (χ4v) is 0.939. The fourth-order valence-electron chi connectivity index (χ4n) is 0.939. The number of H-pyrrole nitrogens is 1. The SMILES string of the molecule is Oc1nc2ccccc2[nH]1.[NaH]. The van der Waals surface area contributed by atoms with Crippen LogP contribution >= 0.6 is 0 Å². The number of fused-ring (bicyclic) bond motifs is 1. The fraction of sp³-hybridized carbons (Fsp3) is 0. The summed E-state index contributed by atoms with van der Waals surface area (Å²) in [6.45, 7) is 0. The minimum atomic E-state index is -0.0267. The standard InChI is InChI=1S/C7H6N2O.Na.H/c10-7-8-5-3-1-2-4-6(5)9-7;;/h1-4H,(H2,8,9,10);;. The number of imidazole rings is 1. The van der Waals surface area contributed by atoms with E-state index in [0.29, 0.717) is 0 Å². The van der Waals surface area contributed by atoms with E-state index in [1.807, 2.05) is 24.3 Å². The van der Waals surface area contributed by atoms with E-state index < -0.39 is 0 Å². The summed E-state index contributed by atoms with van der Waals surface area (Å²) in [4.78, 5) is 6.52. The van der Waals surface area contributed by atoms with E-state index in [1.165, 1.54) is 0 Å². The van der Waals surface area contributed by atoms with E-state index in [-0.39, 0.29) is 35.6 Å². The molecule has 1 heterocycles. The van der Waals surface area contributed by atoms with Crippen molar-refractivity contribution in [3.05, 3.63) is 24.3 Å². The number of nitrogens with zero attached hydrogens (tertiary/aromatic N) is 1. The van der Waals surface area contributed by atoms with Gasteiger partial charge in [0.1, 0.15) is 0 Å². The summed E-state index contributed by atoms with van der Waals surface area (Å²) in [6, 6.07) is 7.44. The molecule has 1 aromatic heterocycles. The summed E-state index contributed by atoms with van der Waals surface area (Å²) in [5, 5.41) is 8.89. The molecule has 0 fully saturated rings. The van der Waals surface area contributed by atoms with Gasteiger partial charge in [0.15, 0.2) is 0 Å². The van der Waals surface area contributed by atoms with Gasteiger partial charge in [0.05, 0.1) is 11.0 Å². The molecule has 0 atom stereocenters. The molecule has 0 aliphatic carbocycles. The predicted molar refractivity (Wildman–Crippen MR) is 44.9 cm³/mol. The van der Waals surface area contributed by atoms with E-state index in [0.717, 1.165) is 11.0 Å². The van der Waals surface area contributed by atoms with E-state index in [9.17, 15) is 0 Å². The van der Waals surface area contributed by atoms with Gasteiger partial charge in [0.25, 0.3) is 6.01 Å². The van der Waals surface area contributed by atoms with Gasteiger partial charge in [-0.1, -0.05) is 12.1 Å². The Balaban J connectivity index is 0.000000605. The van der Waals surface area contributed by atoms with Gasteiger partial charge in [0.2, 0.25) is 0 Å². The molecule has 0 bridgehead atoms. The molecule has 0 unspecified atom stereocenters. The zero-order valence-electron chi connectivity index (χ0n) is 5.20. The van der Waals surface area contributed by atoms with Crippen molar-refractivity contribution in [2.24, 2.45) is 0 Å². The summed E-state index contributed by atoms with van der Waals surface area (Å²) in [5.41, 5.74) is 1.65. The second-order valence-electron chi connectivity index (χ2n) is 2.08. The summed E-state index contributed by atoms with van der Waals surface area (Å²) in [5.74, 6) is 0. The van der Waals surface area contributed by atoms with Crippen LogP contribution in [0.15, 0.2) is 24.3 Å². The zero-order valence-corrected chi connectivity index (χ0v) is 5.20. The molecular weight excluding hydrogens is 151 g/mol. The maximum absolute atomic E-state index is 8.89. The van der Waals surface area contributed by atoms with Crippen LogP contribution in [0.4, 0.5) is 0 Å². The molecule has 1 aromatic carbocycles. The van der Waals surface area contributed by atoms with Crippen LogP contribution < -0.4 is 0 Å². The number of aromatic nitrogens is 2. The molecule has 0 saturated carbocycles. The first kappa shape index (κ1) is 8.59. The van der Waals surface area contributed by atoms with Gasteiger partial charge in [-0.15, -0.1) is 0 Å². The third-order valence-electron chi connectivity index (χ3n) is 1.38. The number of hydrogen-bond donors (Lipinski definition) is 2. The van der Waals surface area contributed by atoms with Crippen molar-refractivity contribution >= 4 is 40.6 Å². The number of benzene rings is 1. The van der Waals surface area contributed by atoms with Gasteiger partial charge in [-0.3, -0.25) is 0 Å². The molecule has 0 aliphatic heterocycles. The van der Waals surface area contributed by atoms with Gasteiger partial charge in [-0.25, -0.2) is 0 Å². The van der Waals surface area contributed by atoms with Crippen molar-refractivity contribution in [2.45, 2.75) is 0 Å². The molecule has 3 nitrogen and oxygen atoms in total. The number of aromatic amines is 1. The second kappa shape index (κ2) is 3.26. The second-order valence-corrected chi connectivity index (χ2v) is 2.08. The molecule has 0 radical (unpaired) electrons. The molecule has 11 heavy (non-hydrogen) atoms. The van der Waals surface area contributed by atoms with Crippen LogP contribution in [0.2, 0.25) is 0 Å². The number of hydrogen-bond acceptors (Lipinski definition) is 2. The van der Waals surface area contributed by atoms with Crippen LogP contribution in [0.3, 0.4) is 0 Å². The van der Waals surface area contributed by atoms with Gasteiger partial charge in [0, 0.05) is 0 Å². The van der Waals surface area contributed by atoms with Crippen LogP contribution in [0.1, 0.15) is 0 Å². The minimum absolute atomic E-state index is 0. The van der Waals surface area contributed by atoms with Crippen molar-refractivity contribution in [3.63, 3.8) is 0 Å². The van der Waals surface area contributed by atoms with Crippen molar-refractivity contribution < 1.29 is 5.11 Å². The van der Waals surface area contributed by atoms with E-state index in [4.69, 9.17) is 5.11 Å². The number of nitrogens with one attached hydrogen (secondary N) is 1. The van der Waals surface area contributed by atoms with E-state index >= 15 is 0 Å². The molecule has 2 aromatic rings. The Morgan fingerprint density at radius 2 is 2.00 bits per heavy atom. The normalized spacial score (nSPS) is 9.45. The first-order valence-corrected chi connectivity index (χ1v) is 3.00. The molecule has 2 N–H and O–H groups in total. The monoisotopic (exact) mass is 158 g/mol. The molecular formula is C7H7N2NaO. The molecule has 0 saturated heterocycles. The number of rotatable bonds is 0. The average Bonchev–Trinajstić information content (AvgIpc) is 2.27. The number of aromatic hydroxyl groups is 1. The van der Waals surface area contributed by atoms with Crippen LogP contribution in [-0.2, 0) is 0 Å². The molecule has 0 amide bonds. The molecule has 2 rings (SSSR count). The Morgan fingerprint density at radius 3 is 2.73 bits per heavy atom. The third-order valence-corrected chi connectivity index (χ3v) is 1.38. The maximum atomic E-state index is 8.89. The Kier molecular flexibility index (Phi) is 2.54. The van der Waals surface area contributed by atoms with Crippen molar-refractivity contribution in [1.29, 1.82) is 0 Å². The van der Waals surface area contributed by atoms with Gasteiger partial charge in [-0.05, 0) is 12.1 Å². The Morgan fingerprint density at radius 1 is 1.27 bits per heavy atom. The summed E-state index contributed by atoms with van der Waals surface area (Å²) in [6.07, 6.45) is 0. The van der Waals surface area contributed by atoms with Crippen molar-refractivity contribution in [1.82, 2.24) is 9.97 Å². The number of para-hydroxylation sites is 2. The Hall–Kier alpha value is -0.510. The molecule has 4 heteroatoms. The Labute approximate surface area is 85.7 Å². The topological polar surface area (TPSA) is 48.9 Å². The van der Waals surface area contributed by atoms with Gasteiger partial charge in [-0.2, -0.15) is 4.98 Å². The van der Waals surface area contributed by atoms with Crippen molar-refractivity contribution in [3.8, 4) is 6.01 Å².